The number of rotatable bonds is 4. The van der Waals surface area contributed by atoms with Crippen LogP contribution in [0, 0.1) is 0 Å². The smallest absolute Gasteiger partial charge is 0.161 e. The largest absolute Gasteiger partial charge is 0.490 e. The van der Waals surface area contributed by atoms with Gasteiger partial charge in [0, 0.05) is 18.5 Å². The van der Waals surface area contributed by atoms with Gasteiger partial charge in [0.1, 0.15) is 0 Å². The Balaban J connectivity index is 2.03. The van der Waals surface area contributed by atoms with E-state index in [9.17, 15) is 0 Å². The number of nitrogens with one attached hydrogen (secondary N) is 1. The van der Waals surface area contributed by atoms with Crippen LogP contribution in [0.5, 0.6) is 11.5 Å². The van der Waals surface area contributed by atoms with Crippen molar-refractivity contribution in [1.82, 2.24) is 5.32 Å². The van der Waals surface area contributed by atoms with Crippen LogP contribution in [0.2, 0.25) is 0 Å². The summed E-state index contributed by atoms with van der Waals surface area (Å²) in [5, 5.41) is 3.51. The minimum absolute atomic E-state index is 0.467. The fourth-order valence-corrected chi connectivity index (χ4v) is 2.32. The molecule has 1 heterocycles. The van der Waals surface area contributed by atoms with E-state index >= 15 is 0 Å². The summed E-state index contributed by atoms with van der Waals surface area (Å²) in [6.07, 6.45) is 1.96. The van der Waals surface area contributed by atoms with E-state index in [-0.39, 0.29) is 0 Å². The van der Waals surface area contributed by atoms with Crippen LogP contribution in [0.1, 0.15) is 32.8 Å². The molecule has 0 aliphatic carbocycles. The molecule has 3 nitrogen and oxygen atoms in total. The summed E-state index contributed by atoms with van der Waals surface area (Å²) in [4.78, 5) is 0. The van der Waals surface area contributed by atoms with Crippen LogP contribution in [0.15, 0.2) is 18.2 Å². The first-order valence-electron chi connectivity index (χ1n) is 6.79. The van der Waals surface area contributed by atoms with E-state index in [4.69, 9.17) is 9.47 Å². The van der Waals surface area contributed by atoms with E-state index in [1.54, 1.807) is 0 Å². The highest BCUT2D eigenvalue weighted by Crippen LogP contribution is 2.30. The maximum absolute atomic E-state index is 5.71. The van der Waals surface area contributed by atoms with Gasteiger partial charge in [0.25, 0.3) is 0 Å². The number of hydrogen-bond acceptors (Lipinski definition) is 3. The molecule has 1 aromatic carbocycles. The Morgan fingerprint density at radius 2 is 1.83 bits per heavy atom. The number of benzene rings is 1. The van der Waals surface area contributed by atoms with Crippen molar-refractivity contribution in [2.45, 2.75) is 45.7 Å². The monoisotopic (exact) mass is 249 g/mol. The third-order valence-corrected chi connectivity index (χ3v) is 2.97. The molecular formula is C15H23NO2. The SMILES string of the molecule is CC(C)NC(C)Cc1ccc2c(c1)OCCCO2. The summed E-state index contributed by atoms with van der Waals surface area (Å²) in [5.74, 6) is 1.77. The molecule has 0 radical (unpaired) electrons. The summed E-state index contributed by atoms with van der Waals surface area (Å²) in [5.41, 5.74) is 1.29. The standard InChI is InChI=1S/C15H23NO2/c1-11(2)16-12(3)9-13-5-6-14-15(10-13)18-8-4-7-17-14/h5-6,10-12,16H,4,7-9H2,1-3H3. The molecule has 1 unspecified atom stereocenters. The lowest BCUT2D eigenvalue weighted by atomic mass is 10.1. The molecule has 18 heavy (non-hydrogen) atoms. The van der Waals surface area contributed by atoms with Crippen molar-refractivity contribution in [3.8, 4) is 11.5 Å². The number of fused-ring (bicyclic) bond motifs is 1. The topological polar surface area (TPSA) is 30.5 Å². The fourth-order valence-electron chi connectivity index (χ4n) is 2.32. The van der Waals surface area contributed by atoms with Crippen LogP contribution in [0.4, 0.5) is 0 Å². The van der Waals surface area contributed by atoms with E-state index in [0.29, 0.717) is 12.1 Å². The Hall–Kier alpha value is -1.22. The zero-order valence-corrected chi connectivity index (χ0v) is 11.5. The molecule has 1 aliphatic rings. The number of hydrogen-bond donors (Lipinski definition) is 1. The molecule has 1 aliphatic heterocycles. The second kappa shape index (κ2) is 6.10. The number of ether oxygens (including phenoxy) is 2. The Labute approximate surface area is 109 Å². The average molecular weight is 249 g/mol. The van der Waals surface area contributed by atoms with Gasteiger partial charge in [-0.1, -0.05) is 19.9 Å². The molecule has 1 aromatic rings. The molecule has 0 amide bonds. The third-order valence-electron chi connectivity index (χ3n) is 2.97. The highest BCUT2D eigenvalue weighted by atomic mass is 16.5. The van der Waals surface area contributed by atoms with E-state index in [2.05, 4.69) is 38.2 Å². The summed E-state index contributed by atoms with van der Waals surface area (Å²) >= 11 is 0. The van der Waals surface area contributed by atoms with Crippen molar-refractivity contribution in [2.24, 2.45) is 0 Å². The Morgan fingerprint density at radius 3 is 2.56 bits per heavy atom. The third kappa shape index (κ3) is 3.64. The minimum atomic E-state index is 0.467. The van der Waals surface area contributed by atoms with E-state index in [1.807, 2.05) is 6.07 Å². The lowest BCUT2D eigenvalue weighted by Gasteiger charge is -2.17. The normalized spacial score (nSPS) is 16.4. The van der Waals surface area contributed by atoms with Crippen molar-refractivity contribution in [3.05, 3.63) is 23.8 Å². The Kier molecular flexibility index (Phi) is 4.48. The molecule has 100 valence electrons. The van der Waals surface area contributed by atoms with E-state index in [1.165, 1.54) is 5.56 Å². The van der Waals surface area contributed by atoms with Gasteiger partial charge in [-0.25, -0.2) is 0 Å². The van der Waals surface area contributed by atoms with Gasteiger partial charge in [0.15, 0.2) is 11.5 Å². The molecule has 1 N–H and O–H groups in total. The lowest BCUT2D eigenvalue weighted by Crippen LogP contribution is -2.33. The Bertz CT molecular complexity index is 390. The van der Waals surface area contributed by atoms with Gasteiger partial charge < -0.3 is 14.8 Å². The predicted octanol–water partition coefficient (Wildman–Crippen LogP) is 2.78. The first kappa shape index (κ1) is 13.2. The van der Waals surface area contributed by atoms with Crippen LogP contribution in [-0.2, 0) is 6.42 Å². The van der Waals surface area contributed by atoms with Crippen molar-refractivity contribution in [2.75, 3.05) is 13.2 Å². The Morgan fingerprint density at radius 1 is 1.11 bits per heavy atom. The van der Waals surface area contributed by atoms with Crippen LogP contribution < -0.4 is 14.8 Å². The lowest BCUT2D eigenvalue weighted by molar-refractivity contribution is 0.297. The quantitative estimate of drug-likeness (QED) is 0.890. The zero-order chi connectivity index (χ0) is 13.0. The second-order valence-corrected chi connectivity index (χ2v) is 5.26. The van der Waals surface area contributed by atoms with Gasteiger partial charge in [0.05, 0.1) is 13.2 Å². The maximum Gasteiger partial charge on any atom is 0.161 e. The first-order valence-corrected chi connectivity index (χ1v) is 6.79. The zero-order valence-electron chi connectivity index (χ0n) is 11.5. The van der Waals surface area contributed by atoms with Crippen LogP contribution in [-0.4, -0.2) is 25.3 Å². The molecule has 2 rings (SSSR count). The molecule has 0 saturated carbocycles. The molecular weight excluding hydrogens is 226 g/mol. The fraction of sp³-hybridized carbons (Fsp3) is 0.600. The van der Waals surface area contributed by atoms with Gasteiger partial charge in [0.2, 0.25) is 0 Å². The molecule has 0 fully saturated rings. The van der Waals surface area contributed by atoms with E-state index < -0.39 is 0 Å². The maximum atomic E-state index is 5.71. The summed E-state index contributed by atoms with van der Waals surface area (Å²) in [6, 6.07) is 7.25. The molecule has 3 heteroatoms. The first-order chi connectivity index (χ1) is 8.65. The highest BCUT2D eigenvalue weighted by Gasteiger charge is 2.12. The highest BCUT2D eigenvalue weighted by molar-refractivity contribution is 5.43. The van der Waals surface area contributed by atoms with Crippen molar-refractivity contribution >= 4 is 0 Å². The van der Waals surface area contributed by atoms with Crippen LogP contribution in [0.3, 0.4) is 0 Å². The van der Waals surface area contributed by atoms with Gasteiger partial charge in [-0.2, -0.15) is 0 Å². The van der Waals surface area contributed by atoms with Crippen molar-refractivity contribution in [3.63, 3.8) is 0 Å². The van der Waals surface area contributed by atoms with Crippen molar-refractivity contribution < 1.29 is 9.47 Å². The summed E-state index contributed by atoms with van der Waals surface area (Å²) < 4.78 is 11.3. The van der Waals surface area contributed by atoms with Crippen LogP contribution in [0.25, 0.3) is 0 Å². The average Bonchev–Trinajstić information content (AvgIpc) is 2.52. The second-order valence-electron chi connectivity index (χ2n) is 5.26. The van der Waals surface area contributed by atoms with Gasteiger partial charge >= 0.3 is 0 Å². The molecule has 0 bridgehead atoms. The van der Waals surface area contributed by atoms with Crippen LogP contribution >= 0.6 is 0 Å². The molecule has 0 spiro atoms. The summed E-state index contributed by atoms with van der Waals surface area (Å²) in [7, 11) is 0. The van der Waals surface area contributed by atoms with Gasteiger partial charge in [-0.15, -0.1) is 0 Å². The van der Waals surface area contributed by atoms with E-state index in [0.717, 1.165) is 37.6 Å². The van der Waals surface area contributed by atoms with Gasteiger partial charge in [-0.3, -0.25) is 0 Å². The molecule has 1 atom stereocenters. The minimum Gasteiger partial charge on any atom is -0.490 e. The molecule has 0 saturated heterocycles. The summed E-state index contributed by atoms with van der Waals surface area (Å²) in [6.45, 7) is 8.05. The van der Waals surface area contributed by atoms with Crippen molar-refractivity contribution in [1.29, 1.82) is 0 Å². The molecule has 0 aromatic heterocycles. The van der Waals surface area contributed by atoms with Gasteiger partial charge in [-0.05, 0) is 31.0 Å². The predicted molar refractivity (Wildman–Crippen MR) is 73.5 cm³/mol.